The third kappa shape index (κ3) is 4.87. The van der Waals surface area contributed by atoms with Crippen LogP contribution in [0.15, 0.2) is 48.8 Å². The number of hydrogen-bond acceptors (Lipinski definition) is 4. The van der Waals surface area contributed by atoms with Crippen molar-refractivity contribution in [3.63, 3.8) is 0 Å². The number of nitrogens with one attached hydrogen (secondary N) is 1. The summed E-state index contributed by atoms with van der Waals surface area (Å²) in [6.45, 7) is 0.254. The Labute approximate surface area is 220 Å². The number of fused-ring (bicyclic) bond motifs is 1. The highest BCUT2D eigenvalue weighted by Crippen LogP contribution is 2.33. The molecule has 2 aromatic carbocycles. The molecule has 1 amide bonds. The Kier molecular flexibility index (Phi) is 7.00. The number of nitrogens with zero attached hydrogens (tertiary/aromatic N) is 5. The van der Waals surface area contributed by atoms with Crippen LogP contribution in [0.2, 0.25) is 0 Å². The molecule has 5 rings (SSSR count). The first-order chi connectivity index (χ1) is 19.0. The number of carbonyl (C=O) groups is 1. The van der Waals surface area contributed by atoms with Gasteiger partial charge in [-0.15, -0.1) is 0 Å². The minimum absolute atomic E-state index is 0.0354. The second kappa shape index (κ2) is 10.4. The van der Waals surface area contributed by atoms with Crippen LogP contribution in [0.5, 0.6) is 0 Å². The zero-order valence-electron chi connectivity index (χ0n) is 20.4. The van der Waals surface area contributed by atoms with Gasteiger partial charge in [-0.25, -0.2) is 40.4 Å². The van der Waals surface area contributed by atoms with Crippen LogP contribution in [0, 0.1) is 36.0 Å². The quantitative estimate of drug-likeness (QED) is 0.152. The van der Waals surface area contributed by atoms with Gasteiger partial charge in [0.15, 0.2) is 28.9 Å². The van der Waals surface area contributed by atoms with Crippen LogP contribution in [0.25, 0.3) is 22.3 Å². The van der Waals surface area contributed by atoms with E-state index in [4.69, 9.17) is 0 Å². The SMILES string of the molecule is Cc1nn(CC(=O)Nc2cnn(Cc3c(F)c(F)c(F)c(F)c3F)c2)c2nc(-c3ccccc3)cc(C(F)F)c12. The normalized spacial score (nSPS) is 11.5. The molecule has 7 nitrogen and oxygen atoms in total. The smallest absolute Gasteiger partial charge is 0.264 e. The predicted octanol–water partition coefficient (Wildman–Crippen LogP) is 5.92. The first-order valence-corrected chi connectivity index (χ1v) is 11.6. The second-order valence-electron chi connectivity index (χ2n) is 8.73. The maximum atomic E-state index is 14.0. The molecule has 40 heavy (non-hydrogen) atoms. The van der Waals surface area contributed by atoms with E-state index in [0.29, 0.717) is 5.56 Å². The molecular weight excluding hydrogens is 545 g/mol. The van der Waals surface area contributed by atoms with E-state index in [2.05, 4.69) is 20.5 Å². The van der Waals surface area contributed by atoms with Crippen LogP contribution in [-0.4, -0.2) is 30.5 Å². The van der Waals surface area contributed by atoms with E-state index in [1.807, 2.05) is 0 Å². The summed E-state index contributed by atoms with van der Waals surface area (Å²) in [6.07, 6.45) is -0.623. The fourth-order valence-electron chi connectivity index (χ4n) is 4.23. The molecule has 1 N–H and O–H groups in total. The molecule has 0 spiro atoms. The lowest BCUT2D eigenvalue weighted by atomic mass is 10.1. The topological polar surface area (TPSA) is 77.6 Å². The van der Waals surface area contributed by atoms with E-state index in [9.17, 15) is 35.5 Å². The molecular formula is C26H17F7N6O. The summed E-state index contributed by atoms with van der Waals surface area (Å²) < 4.78 is 98.2. The van der Waals surface area contributed by atoms with Gasteiger partial charge in [0.05, 0.1) is 40.8 Å². The summed E-state index contributed by atoms with van der Waals surface area (Å²) in [4.78, 5) is 17.2. The summed E-state index contributed by atoms with van der Waals surface area (Å²) in [5, 5.41) is 10.6. The zero-order chi connectivity index (χ0) is 28.7. The maximum absolute atomic E-state index is 14.0. The first kappa shape index (κ1) is 26.8. The number of anilines is 1. The van der Waals surface area contributed by atoms with Crippen molar-refractivity contribution in [2.45, 2.75) is 26.4 Å². The Morgan fingerprint density at radius 1 is 0.975 bits per heavy atom. The van der Waals surface area contributed by atoms with Crippen molar-refractivity contribution in [1.29, 1.82) is 0 Å². The first-order valence-electron chi connectivity index (χ1n) is 11.6. The number of amides is 1. The third-order valence-corrected chi connectivity index (χ3v) is 6.04. The number of hydrogen-bond donors (Lipinski definition) is 1. The Morgan fingerprint density at radius 3 is 2.27 bits per heavy atom. The summed E-state index contributed by atoms with van der Waals surface area (Å²) >= 11 is 0. The number of benzene rings is 2. The van der Waals surface area contributed by atoms with Crippen LogP contribution in [0.1, 0.15) is 23.2 Å². The van der Waals surface area contributed by atoms with Crippen molar-refractivity contribution in [2.75, 3.05) is 5.32 Å². The van der Waals surface area contributed by atoms with Crippen molar-refractivity contribution < 1.29 is 35.5 Å². The monoisotopic (exact) mass is 562 g/mol. The maximum Gasteiger partial charge on any atom is 0.264 e. The van der Waals surface area contributed by atoms with E-state index in [1.165, 1.54) is 13.0 Å². The van der Waals surface area contributed by atoms with Gasteiger partial charge in [0.2, 0.25) is 11.7 Å². The lowest BCUT2D eigenvalue weighted by Gasteiger charge is -2.09. The highest BCUT2D eigenvalue weighted by molar-refractivity contribution is 5.92. The van der Waals surface area contributed by atoms with Gasteiger partial charge in [-0.1, -0.05) is 30.3 Å². The molecule has 0 saturated carbocycles. The van der Waals surface area contributed by atoms with Gasteiger partial charge in [0.25, 0.3) is 6.43 Å². The Morgan fingerprint density at radius 2 is 1.62 bits per heavy atom. The van der Waals surface area contributed by atoms with Gasteiger partial charge >= 0.3 is 0 Å². The van der Waals surface area contributed by atoms with Gasteiger partial charge in [0, 0.05) is 17.3 Å². The second-order valence-corrected chi connectivity index (χ2v) is 8.73. The van der Waals surface area contributed by atoms with Crippen LogP contribution in [0.4, 0.5) is 36.4 Å². The summed E-state index contributed by atoms with van der Waals surface area (Å²) in [5.74, 6) is -11.1. The molecule has 0 saturated heterocycles. The van der Waals surface area contributed by atoms with E-state index >= 15 is 0 Å². The number of aryl methyl sites for hydroxylation is 1. The van der Waals surface area contributed by atoms with Crippen molar-refractivity contribution >= 4 is 22.6 Å². The van der Waals surface area contributed by atoms with Crippen LogP contribution < -0.4 is 5.32 Å². The van der Waals surface area contributed by atoms with Gasteiger partial charge in [-0.05, 0) is 13.0 Å². The number of alkyl halides is 2. The molecule has 3 aromatic heterocycles. The van der Waals surface area contributed by atoms with Crippen molar-refractivity contribution in [2.24, 2.45) is 0 Å². The van der Waals surface area contributed by atoms with E-state index in [1.54, 1.807) is 30.3 Å². The highest BCUT2D eigenvalue weighted by Gasteiger charge is 2.26. The standard InChI is InChI=1S/C26H17F7N6O/c1-12-19-15(25(32)33)7-17(13-5-3-2-4-6-13)36-26(19)39(37-12)11-18(40)35-14-8-34-38(9-14)10-16-20(27)22(29)24(31)23(30)21(16)28/h2-9,25H,10-11H2,1H3,(H,35,40). The van der Waals surface area contributed by atoms with E-state index in [-0.39, 0.29) is 33.7 Å². The molecule has 0 aliphatic rings. The summed E-state index contributed by atoms with van der Waals surface area (Å²) in [6, 6.07) is 9.90. The number of rotatable bonds is 7. The van der Waals surface area contributed by atoms with Gasteiger partial charge in [-0.2, -0.15) is 10.2 Å². The fourth-order valence-corrected chi connectivity index (χ4v) is 4.23. The van der Waals surface area contributed by atoms with Crippen molar-refractivity contribution in [3.05, 3.63) is 94.7 Å². The fraction of sp³-hybridized carbons (Fsp3) is 0.154. The molecule has 0 aliphatic carbocycles. The minimum Gasteiger partial charge on any atom is -0.322 e. The van der Waals surface area contributed by atoms with E-state index in [0.717, 1.165) is 21.8 Å². The molecule has 0 radical (unpaired) electrons. The lowest BCUT2D eigenvalue weighted by molar-refractivity contribution is -0.116. The van der Waals surface area contributed by atoms with Crippen molar-refractivity contribution in [1.82, 2.24) is 24.5 Å². The van der Waals surface area contributed by atoms with Gasteiger partial charge < -0.3 is 5.32 Å². The minimum atomic E-state index is -2.83. The average Bonchev–Trinajstić information content (AvgIpc) is 3.51. The molecule has 0 fully saturated rings. The molecule has 0 aliphatic heterocycles. The summed E-state index contributed by atoms with van der Waals surface area (Å²) in [7, 11) is 0. The Bertz CT molecular complexity index is 1720. The molecule has 14 heteroatoms. The molecule has 0 unspecified atom stereocenters. The molecule has 5 aromatic rings. The van der Waals surface area contributed by atoms with Crippen LogP contribution in [-0.2, 0) is 17.9 Å². The number of pyridine rings is 1. The van der Waals surface area contributed by atoms with Crippen LogP contribution in [0.3, 0.4) is 0 Å². The number of carbonyl (C=O) groups excluding carboxylic acids is 1. The highest BCUT2D eigenvalue weighted by atomic mass is 19.3. The lowest BCUT2D eigenvalue weighted by Crippen LogP contribution is -2.19. The molecule has 0 atom stereocenters. The van der Waals surface area contributed by atoms with Crippen LogP contribution >= 0.6 is 0 Å². The molecule has 206 valence electrons. The largest absolute Gasteiger partial charge is 0.322 e. The van der Waals surface area contributed by atoms with Crippen molar-refractivity contribution in [3.8, 4) is 11.3 Å². The number of halogens is 7. The number of aromatic nitrogens is 5. The predicted molar refractivity (Wildman–Crippen MR) is 129 cm³/mol. The Balaban J connectivity index is 1.39. The third-order valence-electron chi connectivity index (χ3n) is 6.04. The summed E-state index contributed by atoms with van der Waals surface area (Å²) in [5.41, 5.74) is -0.212. The molecule has 0 bridgehead atoms. The van der Waals surface area contributed by atoms with Gasteiger partial charge in [-0.3, -0.25) is 9.48 Å². The van der Waals surface area contributed by atoms with E-state index < -0.39 is 60.1 Å². The van der Waals surface area contributed by atoms with Gasteiger partial charge in [0.1, 0.15) is 6.54 Å². The molecule has 3 heterocycles. The average molecular weight is 562 g/mol. The Hall–Kier alpha value is -4.75. The zero-order valence-corrected chi connectivity index (χ0v) is 20.4.